The zero-order chi connectivity index (χ0) is 40.1. The van der Waals surface area contributed by atoms with E-state index in [-0.39, 0.29) is 31.1 Å². The molecule has 1 unspecified atom stereocenters. The summed E-state index contributed by atoms with van der Waals surface area (Å²) in [6.07, 6.45) is 50.9. The molecule has 0 aromatic heterocycles. The van der Waals surface area contributed by atoms with Gasteiger partial charge < -0.3 is 14.2 Å². The number of unbranched alkanes of at least 4 members (excludes halogenated alkanes) is 22. The molecular weight excluding hydrogens is 685 g/mol. The van der Waals surface area contributed by atoms with Gasteiger partial charge in [-0.15, -0.1) is 0 Å². The average Bonchev–Trinajstić information content (AvgIpc) is 3.18. The van der Waals surface area contributed by atoms with Crippen LogP contribution in [0.15, 0.2) is 48.6 Å². The number of hydrogen-bond acceptors (Lipinski definition) is 6. The minimum Gasteiger partial charge on any atom is -0.462 e. The van der Waals surface area contributed by atoms with Crippen LogP contribution in [0.4, 0.5) is 0 Å². The van der Waals surface area contributed by atoms with Gasteiger partial charge in [0.25, 0.3) is 0 Å². The summed E-state index contributed by atoms with van der Waals surface area (Å²) in [6, 6.07) is 0. The third-order valence-corrected chi connectivity index (χ3v) is 9.79. The van der Waals surface area contributed by atoms with Crippen molar-refractivity contribution >= 4 is 17.9 Å². The molecule has 318 valence electrons. The van der Waals surface area contributed by atoms with Gasteiger partial charge >= 0.3 is 17.9 Å². The van der Waals surface area contributed by atoms with Gasteiger partial charge in [0.05, 0.1) is 0 Å². The van der Waals surface area contributed by atoms with E-state index in [4.69, 9.17) is 14.2 Å². The Bertz CT molecular complexity index is 980. The van der Waals surface area contributed by atoms with Gasteiger partial charge in [-0.05, 0) is 89.9 Å². The molecule has 55 heavy (non-hydrogen) atoms. The first kappa shape index (κ1) is 52.4. The fourth-order valence-corrected chi connectivity index (χ4v) is 6.28. The maximum atomic E-state index is 12.7. The highest BCUT2D eigenvalue weighted by Crippen LogP contribution is 2.13. The van der Waals surface area contributed by atoms with Gasteiger partial charge in [0.1, 0.15) is 13.2 Å². The largest absolute Gasteiger partial charge is 0.462 e. The summed E-state index contributed by atoms with van der Waals surface area (Å²) in [5.41, 5.74) is 0. The average molecular weight is 771 g/mol. The number of hydrogen-bond donors (Lipinski definition) is 0. The smallest absolute Gasteiger partial charge is 0.306 e. The van der Waals surface area contributed by atoms with Crippen molar-refractivity contribution in [1.29, 1.82) is 0 Å². The second-order valence-electron chi connectivity index (χ2n) is 15.3. The summed E-state index contributed by atoms with van der Waals surface area (Å²) >= 11 is 0. The highest BCUT2D eigenvalue weighted by molar-refractivity contribution is 5.71. The summed E-state index contributed by atoms with van der Waals surface area (Å²) in [4.78, 5) is 37.7. The molecule has 0 N–H and O–H groups in total. The van der Waals surface area contributed by atoms with Crippen molar-refractivity contribution in [3.63, 3.8) is 0 Å². The lowest BCUT2D eigenvalue weighted by atomic mass is 10.1. The minimum atomic E-state index is -0.786. The van der Waals surface area contributed by atoms with E-state index in [1.54, 1.807) is 0 Å². The maximum Gasteiger partial charge on any atom is 0.306 e. The second kappa shape index (κ2) is 44.1. The molecule has 6 heteroatoms. The van der Waals surface area contributed by atoms with Crippen LogP contribution in [0.2, 0.25) is 0 Å². The molecule has 0 spiro atoms. The van der Waals surface area contributed by atoms with Gasteiger partial charge in [-0.3, -0.25) is 14.4 Å². The van der Waals surface area contributed by atoms with E-state index < -0.39 is 6.10 Å². The number of carbonyl (C=O) groups excluding carboxylic acids is 3. The van der Waals surface area contributed by atoms with Crippen LogP contribution in [0.25, 0.3) is 0 Å². The van der Waals surface area contributed by atoms with E-state index in [0.29, 0.717) is 19.3 Å². The lowest BCUT2D eigenvalue weighted by Gasteiger charge is -2.18. The van der Waals surface area contributed by atoms with E-state index in [9.17, 15) is 14.4 Å². The number of esters is 3. The van der Waals surface area contributed by atoms with Crippen molar-refractivity contribution in [2.75, 3.05) is 13.2 Å². The third-order valence-electron chi connectivity index (χ3n) is 9.79. The Morgan fingerprint density at radius 3 is 1.18 bits per heavy atom. The van der Waals surface area contributed by atoms with Crippen LogP contribution in [0.5, 0.6) is 0 Å². The Kier molecular flexibility index (Phi) is 42.0. The first-order chi connectivity index (χ1) is 27.0. The first-order valence-corrected chi connectivity index (χ1v) is 23.1. The van der Waals surface area contributed by atoms with Gasteiger partial charge in [-0.1, -0.05) is 166 Å². The molecule has 0 aliphatic rings. The van der Waals surface area contributed by atoms with E-state index in [1.165, 1.54) is 77.0 Å². The molecule has 0 saturated heterocycles. The van der Waals surface area contributed by atoms with Crippen molar-refractivity contribution in [2.24, 2.45) is 0 Å². The van der Waals surface area contributed by atoms with Crippen molar-refractivity contribution < 1.29 is 28.6 Å². The van der Waals surface area contributed by atoms with E-state index >= 15 is 0 Å². The molecule has 0 fully saturated rings. The minimum absolute atomic E-state index is 0.0881. The highest BCUT2D eigenvalue weighted by atomic mass is 16.6. The Labute approximate surface area is 339 Å². The lowest BCUT2D eigenvalue weighted by Crippen LogP contribution is -2.30. The molecule has 1 atom stereocenters. The predicted octanol–water partition coefficient (Wildman–Crippen LogP) is 14.8. The van der Waals surface area contributed by atoms with Gasteiger partial charge in [0.15, 0.2) is 6.10 Å². The Morgan fingerprint density at radius 2 is 0.727 bits per heavy atom. The zero-order valence-corrected chi connectivity index (χ0v) is 36.2. The summed E-state index contributed by atoms with van der Waals surface area (Å²) in [7, 11) is 0. The molecule has 0 aromatic rings. The quantitative estimate of drug-likeness (QED) is 0.0267. The van der Waals surface area contributed by atoms with E-state index in [1.807, 2.05) is 0 Å². The standard InChI is InChI=1S/C49H86O6/c1-4-7-10-13-16-19-22-24-25-28-30-33-36-39-42-48(51)54-45-46(44-53-47(50)41-38-35-32-29-26-21-18-15-12-9-6-3)55-49(52)43-40-37-34-31-27-23-20-17-14-11-8-5-2/h8,11,15,17-18,20,25,28,46H,4-7,9-10,12-14,16,19,21-24,26-27,29-45H2,1-3H3/b11-8-,18-15-,20-17-,28-25-. The summed E-state index contributed by atoms with van der Waals surface area (Å²) in [6.45, 7) is 6.44. The lowest BCUT2D eigenvalue weighted by molar-refractivity contribution is -0.167. The molecule has 0 saturated carbocycles. The van der Waals surface area contributed by atoms with Crippen molar-refractivity contribution in [3.05, 3.63) is 48.6 Å². The van der Waals surface area contributed by atoms with Crippen LogP contribution in [0, 0.1) is 0 Å². The first-order valence-electron chi connectivity index (χ1n) is 23.1. The Hall–Kier alpha value is -2.63. The molecule has 0 rings (SSSR count). The van der Waals surface area contributed by atoms with Crippen molar-refractivity contribution in [2.45, 2.75) is 232 Å². The van der Waals surface area contributed by atoms with Gasteiger partial charge in [0, 0.05) is 19.3 Å². The fraction of sp³-hybridized carbons (Fsp3) is 0.776. The number of rotatable bonds is 41. The van der Waals surface area contributed by atoms with Crippen LogP contribution in [-0.2, 0) is 28.6 Å². The predicted molar refractivity (Wildman–Crippen MR) is 233 cm³/mol. The number of carbonyl (C=O) groups is 3. The molecule has 0 aliphatic carbocycles. The zero-order valence-electron chi connectivity index (χ0n) is 36.2. The Morgan fingerprint density at radius 1 is 0.382 bits per heavy atom. The van der Waals surface area contributed by atoms with Crippen LogP contribution < -0.4 is 0 Å². The molecule has 0 aliphatic heterocycles. The molecule has 6 nitrogen and oxygen atoms in total. The molecule has 0 bridgehead atoms. The highest BCUT2D eigenvalue weighted by Gasteiger charge is 2.19. The Balaban J connectivity index is 4.41. The SMILES string of the molecule is CC/C=C\C/C=C\CCCCCCCC(=O)OC(COC(=O)CCCCC/C=C\CCCCCCCCC)COC(=O)CCCCCCC/C=C\CCCC. The molecule has 0 aromatic carbocycles. The summed E-state index contributed by atoms with van der Waals surface area (Å²) in [5, 5.41) is 0. The summed E-state index contributed by atoms with van der Waals surface area (Å²) in [5.74, 6) is -0.930. The molecule has 0 radical (unpaired) electrons. The van der Waals surface area contributed by atoms with Gasteiger partial charge in [0.2, 0.25) is 0 Å². The number of allylic oxidation sites excluding steroid dienone is 8. The van der Waals surface area contributed by atoms with Crippen LogP contribution in [0.3, 0.4) is 0 Å². The van der Waals surface area contributed by atoms with Crippen molar-refractivity contribution in [1.82, 2.24) is 0 Å². The van der Waals surface area contributed by atoms with E-state index in [2.05, 4.69) is 69.4 Å². The fourth-order valence-electron chi connectivity index (χ4n) is 6.28. The normalized spacial score (nSPS) is 12.4. The van der Waals surface area contributed by atoms with Crippen LogP contribution in [0.1, 0.15) is 226 Å². The topological polar surface area (TPSA) is 78.9 Å². The molecular formula is C49H86O6. The number of ether oxygens (including phenoxy) is 3. The van der Waals surface area contributed by atoms with Crippen LogP contribution >= 0.6 is 0 Å². The third kappa shape index (κ3) is 42.4. The van der Waals surface area contributed by atoms with Crippen molar-refractivity contribution in [3.8, 4) is 0 Å². The monoisotopic (exact) mass is 771 g/mol. The van der Waals surface area contributed by atoms with E-state index in [0.717, 1.165) is 109 Å². The van der Waals surface area contributed by atoms with Gasteiger partial charge in [-0.25, -0.2) is 0 Å². The molecule has 0 heterocycles. The summed E-state index contributed by atoms with van der Waals surface area (Å²) < 4.78 is 16.7. The molecule has 0 amide bonds. The van der Waals surface area contributed by atoms with Crippen LogP contribution in [-0.4, -0.2) is 37.2 Å². The maximum absolute atomic E-state index is 12.7. The second-order valence-corrected chi connectivity index (χ2v) is 15.3. The van der Waals surface area contributed by atoms with Gasteiger partial charge in [-0.2, -0.15) is 0 Å².